The summed E-state index contributed by atoms with van der Waals surface area (Å²) in [7, 11) is 1.34. The highest BCUT2D eigenvalue weighted by Crippen LogP contribution is 2.38. The van der Waals surface area contributed by atoms with Crippen molar-refractivity contribution in [1.82, 2.24) is 4.90 Å². The lowest BCUT2D eigenvalue weighted by molar-refractivity contribution is -0.132. The molecule has 1 aromatic carbocycles. The maximum Gasteiger partial charge on any atom is 0.410 e. The number of hydrogen-bond donors (Lipinski definition) is 1. The van der Waals surface area contributed by atoms with Crippen molar-refractivity contribution < 1.29 is 33.6 Å². The quantitative estimate of drug-likeness (QED) is 0.268. The Morgan fingerprint density at radius 1 is 1.29 bits per heavy atom. The van der Waals surface area contributed by atoms with E-state index in [-0.39, 0.29) is 23.7 Å². The number of allylic oxidation sites excluding steroid dienone is 1. The normalized spacial score (nSPS) is 18.8. The van der Waals surface area contributed by atoms with Gasteiger partial charge in [-0.2, -0.15) is 0 Å². The van der Waals surface area contributed by atoms with E-state index in [1.54, 1.807) is 11.8 Å². The molecule has 2 heterocycles. The number of fused-ring (bicyclic) bond motifs is 1. The molecule has 1 N–H and O–H groups in total. The van der Waals surface area contributed by atoms with Crippen molar-refractivity contribution in [2.75, 3.05) is 38.3 Å². The summed E-state index contributed by atoms with van der Waals surface area (Å²) in [6, 6.07) is 5.50. The summed E-state index contributed by atoms with van der Waals surface area (Å²) in [5, 5.41) is 9.60. The number of carbonyl (C=O) groups excluding carboxylic acids is 1. The molecule has 1 aromatic rings. The molecule has 0 bridgehead atoms. The Morgan fingerprint density at radius 3 is 2.66 bits per heavy atom. The zero-order chi connectivity index (χ0) is 25.8. The summed E-state index contributed by atoms with van der Waals surface area (Å²) in [4.78, 5) is 31.4. The van der Waals surface area contributed by atoms with Crippen LogP contribution in [0.15, 0.2) is 46.4 Å². The first-order valence-corrected chi connectivity index (χ1v) is 11.4. The molecule has 10 nitrogen and oxygen atoms in total. The molecule has 3 rings (SSSR count). The number of aliphatic carboxylic acids is 1. The molecular formula is C25H33N3O7. The second-order valence-corrected chi connectivity index (χ2v) is 9.26. The third kappa shape index (κ3) is 6.46. The molecule has 0 aliphatic carbocycles. The Labute approximate surface area is 205 Å². The van der Waals surface area contributed by atoms with Crippen LogP contribution in [0.5, 0.6) is 11.5 Å². The fourth-order valence-corrected chi connectivity index (χ4v) is 3.91. The molecule has 0 saturated carbocycles. The minimum Gasteiger partial charge on any atom is -0.490 e. The lowest BCUT2D eigenvalue weighted by atomic mass is 10.1. The SMILES string of the molecule is C=N/C(OC)=C(\C=C(/C)N1CCOc2ccc(O[C@H]3CCN(C(=O)OC(C)(C)C)C3)cc21)C(=O)O. The molecule has 35 heavy (non-hydrogen) atoms. The monoisotopic (exact) mass is 487 g/mol. The van der Waals surface area contributed by atoms with Gasteiger partial charge in [-0.15, -0.1) is 0 Å². The number of carbonyl (C=O) groups is 2. The highest BCUT2D eigenvalue weighted by atomic mass is 16.6. The summed E-state index contributed by atoms with van der Waals surface area (Å²) >= 11 is 0. The smallest absolute Gasteiger partial charge is 0.410 e. The summed E-state index contributed by atoms with van der Waals surface area (Å²) in [5.41, 5.74) is 0.762. The van der Waals surface area contributed by atoms with E-state index in [9.17, 15) is 14.7 Å². The van der Waals surface area contributed by atoms with Crippen LogP contribution in [0.1, 0.15) is 34.1 Å². The maximum absolute atomic E-state index is 12.3. The summed E-state index contributed by atoms with van der Waals surface area (Å²) in [5.74, 6) is 0.0448. The summed E-state index contributed by atoms with van der Waals surface area (Å²) < 4.78 is 22.5. The first kappa shape index (κ1) is 25.9. The van der Waals surface area contributed by atoms with E-state index in [0.29, 0.717) is 49.9 Å². The van der Waals surface area contributed by atoms with E-state index in [4.69, 9.17) is 18.9 Å². The van der Waals surface area contributed by atoms with Gasteiger partial charge in [0.2, 0.25) is 5.88 Å². The third-order valence-electron chi connectivity index (χ3n) is 5.47. The van der Waals surface area contributed by atoms with Crippen molar-refractivity contribution >= 4 is 24.5 Å². The first-order valence-electron chi connectivity index (χ1n) is 11.4. The number of aliphatic imine (C=N–C) groups is 1. The van der Waals surface area contributed by atoms with Gasteiger partial charge < -0.3 is 33.9 Å². The molecular weight excluding hydrogens is 454 g/mol. The van der Waals surface area contributed by atoms with Crippen LogP contribution in [0, 0.1) is 0 Å². The number of carboxylic acid groups (broad SMARTS) is 1. The number of ether oxygens (including phenoxy) is 4. The molecule has 1 atom stereocenters. The van der Waals surface area contributed by atoms with Crippen LogP contribution in [0.3, 0.4) is 0 Å². The fraction of sp³-hybridized carbons (Fsp3) is 0.480. The predicted molar refractivity (Wildman–Crippen MR) is 131 cm³/mol. The van der Waals surface area contributed by atoms with Crippen molar-refractivity contribution in [2.45, 2.75) is 45.8 Å². The van der Waals surface area contributed by atoms with Crippen molar-refractivity contribution in [3.63, 3.8) is 0 Å². The van der Waals surface area contributed by atoms with E-state index < -0.39 is 11.6 Å². The molecule has 1 saturated heterocycles. The lowest BCUT2D eigenvalue weighted by Gasteiger charge is -2.32. The largest absolute Gasteiger partial charge is 0.490 e. The average Bonchev–Trinajstić information content (AvgIpc) is 3.26. The van der Waals surface area contributed by atoms with Crippen molar-refractivity contribution in [3.05, 3.63) is 41.4 Å². The van der Waals surface area contributed by atoms with Crippen LogP contribution >= 0.6 is 0 Å². The van der Waals surface area contributed by atoms with Crippen LogP contribution < -0.4 is 14.4 Å². The Morgan fingerprint density at radius 2 is 2.03 bits per heavy atom. The number of hydrogen-bond acceptors (Lipinski definition) is 8. The molecule has 1 fully saturated rings. The van der Waals surface area contributed by atoms with Crippen LogP contribution in [0.4, 0.5) is 10.5 Å². The summed E-state index contributed by atoms with van der Waals surface area (Å²) in [6.07, 6.45) is 1.67. The maximum atomic E-state index is 12.3. The van der Waals surface area contributed by atoms with Gasteiger partial charge in [0.1, 0.15) is 35.4 Å². The molecule has 0 aromatic heterocycles. The van der Waals surface area contributed by atoms with Gasteiger partial charge >= 0.3 is 12.1 Å². The Bertz CT molecular complexity index is 1040. The number of benzene rings is 1. The Balaban J connectivity index is 1.78. The van der Waals surface area contributed by atoms with Crippen molar-refractivity contribution in [1.29, 1.82) is 0 Å². The number of methoxy groups -OCH3 is 1. The molecule has 190 valence electrons. The Kier molecular flexibility index (Phi) is 7.93. The summed E-state index contributed by atoms with van der Waals surface area (Å²) in [6.45, 7) is 12.7. The van der Waals surface area contributed by atoms with Crippen LogP contribution in [-0.4, -0.2) is 73.8 Å². The van der Waals surface area contributed by atoms with Crippen molar-refractivity contribution in [3.8, 4) is 11.5 Å². The van der Waals surface area contributed by atoms with E-state index in [1.807, 2.05) is 43.9 Å². The number of amides is 1. The highest BCUT2D eigenvalue weighted by molar-refractivity contribution is 5.91. The van der Waals surface area contributed by atoms with E-state index in [2.05, 4.69) is 11.7 Å². The molecule has 0 unspecified atom stereocenters. The van der Waals surface area contributed by atoms with E-state index >= 15 is 0 Å². The average molecular weight is 488 g/mol. The first-order chi connectivity index (χ1) is 16.5. The second kappa shape index (κ2) is 10.7. The van der Waals surface area contributed by atoms with Gasteiger partial charge in [0.05, 0.1) is 25.9 Å². The topological polar surface area (TPSA) is 110 Å². The number of carboxylic acids is 1. The minimum absolute atomic E-state index is 0.0711. The van der Waals surface area contributed by atoms with E-state index in [0.717, 1.165) is 5.69 Å². The number of nitrogens with zero attached hydrogens (tertiary/aromatic N) is 3. The van der Waals surface area contributed by atoms with Crippen molar-refractivity contribution in [2.24, 2.45) is 4.99 Å². The van der Waals surface area contributed by atoms with Gasteiger partial charge in [-0.1, -0.05) is 0 Å². The number of likely N-dealkylation sites (tertiary alicyclic amines) is 1. The van der Waals surface area contributed by atoms with Crippen LogP contribution in [0.2, 0.25) is 0 Å². The minimum atomic E-state index is -1.17. The zero-order valence-electron chi connectivity index (χ0n) is 20.9. The van der Waals surface area contributed by atoms with Crippen LogP contribution in [-0.2, 0) is 14.3 Å². The van der Waals surface area contributed by atoms with Gasteiger partial charge in [0, 0.05) is 24.7 Å². The van der Waals surface area contributed by atoms with Gasteiger partial charge in [-0.05, 0) is 52.6 Å². The predicted octanol–water partition coefficient (Wildman–Crippen LogP) is 3.82. The molecule has 2 aliphatic heterocycles. The standard InChI is InChI=1S/C25H33N3O7/c1-16(13-19(23(29)30)22(26-5)32-6)28-11-12-33-21-8-7-17(14-20(21)28)34-18-9-10-27(15-18)24(31)35-25(2,3)4/h7-8,13-14,18H,5,9-12,15H2,1-4,6H3,(H,29,30)/b16-13+,22-19-/t18-/m0/s1. The van der Waals surface area contributed by atoms with Gasteiger partial charge in [-0.3, -0.25) is 0 Å². The molecule has 0 radical (unpaired) electrons. The molecule has 0 spiro atoms. The fourth-order valence-electron chi connectivity index (χ4n) is 3.91. The highest BCUT2D eigenvalue weighted by Gasteiger charge is 2.31. The second-order valence-electron chi connectivity index (χ2n) is 9.26. The Hall–Kier alpha value is -3.69. The number of rotatable bonds is 7. The molecule has 2 aliphatic rings. The molecule has 1 amide bonds. The van der Waals surface area contributed by atoms with Crippen LogP contribution in [0.25, 0.3) is 0 Å². The lowest BCUT2D eigenvalue weighted by Crippen LogP contribution is -2.36. The number of anilines is 1. The third-order valence-corrected chi connectivity index (χ3v) is 5.47. The van der Waals surface area contributed by atoms with E-state index in [1.165, 1.54) is 13.2 Å². The van der Waals surface area contributed by atoms with Gasteiger partial charge in [-0.25, -0.2) is 14.6 Å². The molecule has 10 heteroatoms. The van der Waals surface area contributed by atoms with Gasteiger partial charge in [0.25, 0.3) is 0 Å². The van der Waals surface area contributed by atoms with Gasteiger partial charge in [0.15, 0.2) is 0 Å². The zero-order valence-corrected chi connectivity index (χ0v) is 20.9.